The van der Waals surface area contributed by atoms with E-state index in [2.05, 4.69) is 17.6 Å². The van der Waals surface area contributed by atoms with Gasteiger partial charge in [-0.25, -0.2) is 9.59 Å². The van der Waals surface area contributed by atoms with E-state index in [1.807, 2.05) is 24.3 Å². The van der Waals surface area contributed by atoms with Gasteiger partial charge in [-0.15, -0.1) is 0 Å². The van der Waals surface area contributed by atoms with Gasteiger partial charge in [-0.3, -0.25) is 0 Å². The van der Waals surface area contributed by atoms with E-state index in [0.717, 1.165) is 12.0 Å². The molecule has 3 N–H and O–H groups in total. The molecule has 0 heterocycles. The Bertz CT molecular complexity index is 452. The van der Waals surface area contributed by atoms with Crippen molar-refractivity contribution < 1.29 is 14.7 Å². The number of hydrogen-bond acceptors (Lipinski definition) is 2. The molecule has 1 aromatic carbocycles. The summed E-state index contributed by atoms with van der Waals surface area (Å²) in [5.74, 6) is -1.07. The van der Waals surface area contributed by atoms with Gasteiger partial charge < -0.3 is 15.7 Å². The number of aliphatic carboxylic acids is 1. The average molecular weight is 264 g/mol. The van der Waals surface area contributed by atoms with Gasteiger partial charge in [-0.05, 0) is 31.4 Å². The first-order valence-electron chi connectivity index (χ1n) is 6.22. The number of carbonyl (C=O) groups is 2. The van der Waals surface area contributed by atoms with Gasteiger partial charge in [-0.2, -0.15) is 0 Å². The van der Waals surface area contributed by atoms with Crippen LogP contribution in [0.4, 0.5) is 4.79 Å². The van der Waals surface area contributed by atoms with Crippen molar-refractivity contribution in [3.63, 3.8) is 0 Å². The van der Waals surface area contributed by atoms with Crippen LogP contribution in [0, 0.1) is 0 Å². The average Bonchev–Trinajstić information content (AvgIpc) is 2.36. The molecule has 0 aliphatic heterocycles. The topological polar surface area (TPSA) is 78.4 Å². The molecule has 1 aromatic rings. The Hall–Kier alpha value is -2.04. The standard InChI is InChI=1S/C14H20N2O3/c1-4-10-5-7-11(8-6-10)9-15-13(19)16-14(2,3)12(17)18/h5-8H,4,9H2,1-3H3,(H,17,18)(H2,15,16,19). The summed E-state index contributed by atoms with van der Waals surface area (Å²) >= 11 is 0. The molecule has 5 heteroatoms. The third-order valence-corrected chi connectivity index (χ3v) is 2.84. The van der Waals surface area contributed by atoms with Gasteiger partial charge in [0, 0.05) is 6.54 Å². The van der Waals surface area contributed by atoms with Crippen molar-refractivity contribution in [2.24, 2.45) is 0 Å². The predicted molar refractivity (Wildman–Crippen MR) is 72.9 cm³/mol. The zero-order chi connectivity index (χ0) is 14.5. The van der Waals surface area contributed by atoms with Crippen molar-refractivity contribution in [1.29, 1.82) is 0 Å². The Morgan fingerprint density at radius 2 is 1.68 bits per heavy atom. The highest BCUT2D eigenvalue weighted by molar-refractivity contribution is 5.85. The first kappa shape index (κ1) is 15.0. The lowest BCUT2D eigenvalue weighted by molar-refractivity contribution is -0.142. The lowest BCUT2D eigenvalue weighted by Crippen LogP contribution is -2.52. The van der Waals surface area contributed by atoms with Gasteiger partial charge in [0.15, 0.2) is 0 Å². The molecule has 1 rings (SSSR count). The van der Waals surface area contributed by atoms with Crippen LogP contribution in [0.5, 0.6) is 0 Å². The van der Waals surface area contributed by atoms with Gasteiger partial charge in [0.05, 0.1) is 0 Å². The number of nitrogens with one attached hydrogen (secondary N) is 2. The summed E-state index contributed by atoms with van der Waals surface area (Å²) in [4.78, 5) is 22.4. The van der Waals surface area contributed by atoms with Crippen molar-refractivity contribution in [2.45, 2.75) is 39.3 Å². The molecule has 0 aliphatic rings. The van der Waals surface area contributed by atoms with Crippen LogP contribution in [0.2, 0.25) is 0 Å². The summed E-state index contributed by atoms with van der Waals surface area (Å²) in [5.41, 5.74) is 0.927. The van der Waals surface area contributed by atoms with E-state index in [1.165, 1.54) is 19.4 Å². The van der Waals surface area contributed by atoms with Crippen LogP contribution in [0.15, 0.2) is 24.3 Å². The number of rotatable bonds is 5. The molecule has 0 fully saturated rings. The Labute approximate surface area is 113 Å². The zero-order valence-corrected chi connectivity index (χ0v) is 11.5. The molecule has 0 unspecified atom stereocenters. The van der Waals surface area contributed by atoms with E-state index in [4.69, 9.17) is 5.11 Å². The Balaban J connectivity index is 2.48. The molecule has 0 saturated heterocycles. The van der Waals surface area contributed by atoms with E-state index >= 15 is 0 Å². The summed E-state index contributed by atoms with van der Waals surface area (Å²) in [5, 5.41) is 13.9. The van der Waals surface area contributed by atoms with E-state index in [0.29, 0.717) is 6.54 Å². The molecular formula is C14H20N2O3. The number of urea groups is 1. The maximum absolute atomic E-state index is 11.6. The van der Waals surface area contributed by atoms with Crippen LogP contribution in [-0.4, -0.2) is 22.6 Å². The van der Waals surface area contributed by atoms with Crippen molar-refractivity contribution in [3.8, 4) is 0 Å². The molecule has 2 amide bonds. The maximum Gasteiger partial charge on any atom is 0.328 e. The Kier molecular flexibility index (Phi) is 4.92. The fourth-order valence-electron chi connectivity index (χ4n) is 1.46. The zero-order valence-electron chi connectivity index (χ0n) is 11.5. The Morgan fingerprint density at radius 3 is 2.16 bits per heavy atom. The minimum Gasteiger partial charge on any atom is -0.480 e. The number of benzene rings is 1. The third-order valence-electron chi connectivity index (χ3n) is 2.84. The number of carboxylic acid groups (broad SMARTS) is 1. The van der Waals surface area contributed by atoms with Crippen LogP contribution in [0.3, 0.4) is 0 Å². The second-order valence-corrected chi connectivity index (χ2v) is 4.91. The van der Waals surface area contributed by atoms with E-state index in [1.54, 1.807) is 0 Å². The second kappa shape index (κ2) is 6.22. The third kappa shape index (κ3) is 4.62. The fraction of sp³-hybridized carbons (Fsp3) is 0.429. The summed E-state index contributed by atoms with van der Waals surface area (Å²) in [6.07, 6.45) is 0.973. The number of carbonyl (C=O) groups excluding carboxylic acids is 1. The minimum atomic E-state index is -1.28. The maximum atomic E-state index is 11.6. The van der Waals surface area contributed by atoms with E-state index < -0.39 is 17.5 Å². The van der Waals surface area contributed by atoms with E-state index in [-0.39, 0.29) is 0 Å². The first-order chi connectivity index (χ1) is 8.85. The van der Waals surface area contributed by atoms with Gasteiger partial charge >= 0.3 is 12.0 Å². The lowest BCUT2D eigenvalue weighted by Gasteiger charge is -2.21. The summed E-state index contributed by atoms with van der Waals surface area (Å²) in [6, 6.07) is 7.42. The molecule has 19 heavy (non-hydrogen) atoms. The number of carboxylic acids is 1. The first-order valence-corrected chi connectivity index (χ1v) is 6.22. The highest BCUT2D eigenvalue weighted by Crippen LogP contribution is 2.05. The highest BCUT2D eigenvalue weighted by Gasteiger charge is 2.28. The van der Waals surface area contributed by atoms with Crippen LogP contribution >= 0.6 is 0 Å². The smallest absolute Gasteiger partial charge is 0.328 e. The molecule has 0 aromatic heterocycles. The fourth-order valence-corrected chi connectivity index (χ4v) is 1.46. The molecular weight excluding hydrogens is 244 g/mol. The minimum absolute atomic E-state index is 0.367. The van der Waals surface area contributed by atoms with Gasteiger partial charge in [-0.1, -0.05) is 31.2 Å². The number of hydrogen-bond donors (Lipinski definition) is 3. The van der Waals surface area contributed by atoms with Crippen molar-refractivity contribution in [3.05, 3.63) is 35.4 Å². The van der Waals surface area contributed by atoms with Crippen LogP contribution in [0.25, 0.3) is 0 Å². The van der Waals surface area contributed by atoms with Gasteiger partial charge in [0.25, 0.3) is 0 Å². The SMILES string of the molecule is CCc1ccc(CNC(=O)NC(C)(C)C(=O)O)cc1. The molecule has 0 bridgehead atoms. The molecule has 0 aliphatic carbocycles. The molecule has 0 radical (unpaired) electrons. The number of amides is 2. The molecule has 0 saturated carbocycles. The predicted octanol–water partition coefficient (Wildman–Crippen LogP) is 1.91. The van der Waals surface area contributed by atoms with Crippen molar-refractivity contribution in [2.75, 3.05) is 0 Å². The van der Waals surface area contributed by atoms with Crippen LogP contribution < -0.4 is 10.6 Å². The lowest BCUT2D eigenvalue weighted by atomic mass is 10.1. The molecule has 5 nitrogen and oxygen atoms in total. The van der Waals surface area contributed by atoms with E-state index in [9.17, 15) is 9.59 Å². The van der Waals surface area contributed by atoms with Crippen LogP contribution in [0.1, 0.15) is 31.9 Å². The highest BCUT2D eigenvalue weighted by atomic mass is 16.4. The largest absolute Gasteiger partial charge is 0.480 e. The van der Waals surface area contributed by atoms with Gasteiger partial charge in [0.1, 0.15) is 5.54 Å². The monoisotopic (exact) mass is 264 g/mol. The van der Waals surface area contributed by atoms with Crippen molar-refractivity contribution >= 4 is 12.0 Å². The second-order valence-electron chi connectivity index (χ2n) is 4.91. The quantitative estimate of drug-likeness (QED) is 0.760. The summed E-state index contributed by atoms with van der Waals surface area (Å²) in [6.45, 7) is 5.32. The number of aryl methyl sites for hydroxylation is 1. The van der Waals surface area contributed by atoms with Crippen molar-refractivity contribution in [1.82, 2.24) is 10.6 Å². The molecule has 0 spiro atoms. The molecule has 104 valence electrons. The van der Waals surface area contributed by atoms with Gasteiger partial charge in [0.2, 0.25) is 0 Å². The molecule has 0 atom stereocenters. The Morgan fingerprint density at radius 1 is 1.16 bits per heavy atom. The summed E-state index contributed by atoms with van der Waals surface area (Å²) < 4.78 is 0. The van der Waals surface area contributed by atoms with Crippen LogP contribution in [-0.2, 0) is 17.8 Å². The summed E-state index contributed by atoms with van der Waals surface area (Å²) in [7, 11) is 0. The normalized spacial score (nSPS) is 10.9.